The summed E-state index contributed by atoms with van der Waals surface area (Å²) in [7, 11) is 0. The second-order valence-corrected chi connectivity index (χ2v) is 8.17. The largest absolute Gasteiger partial charge is 0.508 e. The molecule has 0 bridgehead atoms. The van der Waals surface area contributed by atoms with Crippen LogP contribution in [0.4, 0.5) is 0 Å². The molecule has 0 aromatic heterocycles. The molecule has 0 spiro atoms. The lowest BCUT2D eigenvalue weighted by Gasteiger charge is -2.34. The second-order valence-electron chi connectivity index (χ2n) is 8.17. The molecule has 2 rings (SSSR count). The summed E-state index contributed by atoms with van der Waals surface area (Å²) in [5.41, 5.74) is 3.04. The van der Waals surface area contributed by atoms with E-state index in [1.54, 1.807) is 0 Å². The highest BCUT2D eigenvalue weighted by atomic mass is 16.3. The first kappa shape index (κ1) is 23.3. The Hall–Kier alpha value is -3.01. The zero-order valence-electron chi connectivity index (χ0n) is 18.2. The molecule has 0 aliphatic heterocycles. The Labute approximate surface area is 179 Å². The van der Waals surface area contributed by atoms with E-state index in [0.29, 0.717) is 12.8 Å². The quantitative estimate of drug-likeness (QED) is 0.284. The number of phenols is 3. The van der Waals surface area contributed by atoms with E-state index < -0.39 is 17.4 Å². The summed E-state index contributed by atoms with van der Waals surface area (Å²) in [4.78, 5) is 13.5. The van der Waals surface area contributed by atoms with Crippen LogP contribution in [0.15, 0.2) is 71.9 Å². The van der Waals surface area contributed by atoms with Crippen LogP contribution in [-0.4, -0.2) is 21.1 Å². The first-order chi connectivity index (χ1) is 14.1. The fraction of sp³-hybridized carbons (Fsp3) is 0.346. The standard InChI is InChI=1S/C26H32O4/c1-6-7-8-9-17(4)19-12-18(5)21(11-10-16(2)3)22(13-19)26(30)25-23(28)14-20(27)15-24(25)29/h6-10,12,14-15,19,21-22,27-29H,4,11,13H2,1-3,5H3/b7-6-,9-8-/t19-,21-,22+/m1/s1. The third-order valence-corrected chi connectivity index (χ3v) is 5.58. The lowest BCUT2D eigenvalue weighted by molar-refractivity contribution is 0.0856. The van der Waals surface area contributed by atoms with Crippen LogP contribution in [0.3, 0.4) is 0 Å². The van der Waals surface area contributed by atoms with Crippen LogP contribution in [0.5, 0.6) is 17.2 Å². The van der Waals surface area contributed by atoms with Crippen molar-refractivity contribution in [3.63, 3.8) is 0 Å². The molecule has 1 aromatic carbocycles. The highest BCUT2D eigenvalue weighted by Gasteiger charge is 2.37. The van der Waals surface area contributed by atoms with Crippen molar-refractivity contribution in [3.8, 4) is 17.2 Å². The van der Waals surface area contributed by atoms with Crippen molar-refractivity contribution < 1.29 is 20.1 Å². The van der Waals surface area contributed by atoms with Crippen LogP contribution in [0.2, 0.25) is 0 Å². The highest BCUT2D eigenvalue weighted by molar-refractivity contribution is 6.03. The van der Waals surface area contributed by atoms with Crippen LogP contribution < -0.4 is 0 Å². The minimum atomic E-state index is -0.427. The van der Waals surface area contributed by atoms with Crippen molar-refractivity contribution in [2.45, 2.75) is 40.5 Å². The molecule has 4 heteroatoms. The van der Waals surface area contributed by atoms with Crippen molar-refractivity contribution in [3.05, 3.63) is 77.5 Å². The van der Waals surface area contributed by atoms with Gasteiger partial charge in [0.15, 0.2) is 5.78 Å². The van der Waals surface area contributed by atoms with E-state index in [1.165, 1.54) is 5.57 Å². The fourth-order valence-electron chi connectivity index (χ4n) is 3.97. The topological polar surface area (TPSA) is 77.8 Å². The smallest absolute Gasteiger partial charge is 0.174 e. The van der Waals surface area contributed by atoms with Crippen molar-refractivity contribution in [2.24, 2.45) is 17.8 Å². The van der Waals surface area contributed by atoms with Gasteiger partial charge in [-0.1, -0.05) is 54.2 Å². The predicted molar refractivity (Wildman–Crippen MR) is 122 cm³/mol. The molecule has 0 radical (unpaired) electrons. The monoisotopic (exact) mass is 408 g/mol. The molecule has 1 aromatic rings. The lowest BCUT2D eigenvalue weighted by Crippen LogP contribution is -2.31. The molecule has 1 aliphatic carbocycles. The van der Waals surface area contributed by atoms with Gasteiger partial charge in [-0.2, -0.15) is 0 Å². The Balaban J connectivity index is 2.46. The summed E-state index contributed by atoms with van der Waals surface area (Å²) >= 11 is 0. The summed E-state index contributed by atoms with van der Waals surface area (Å²) in [6.07, 6.45) is 13.3. The molecule has 0 saturated heterocycles. The average Bonchev–Trinajstić information content (AvgIpc) is 2.65. The number of hydrogen-bond donors (Lipinski definition) is 3. The van der Waals surface area contributed by atoms with Gasteiger partial charge < -0.3 is 15.3 Å². The molecular formula is C26H32O4. The number of carbonyl (C=O) groups is 1. The highest BCUT2D eigenvalue weighted by Crippen LogP contribution is 2.43. The summed E-state index contributed by atoms with van der Waals surface area (Å²) < 4.78 is 0. The van der Waals surface area contributed by atoms with Crippen molar-refractivity contribution in [2.75, 3.05) is 0 Å². The van der Waals surface area contributed by atoms with Gasteiger partial charge in [0.1, 0.15) is 22.8 Å². The molecule has 0 fully saturated rings. The number of hydrogen-bond acceptors (Lipinski definition) is 4. The van der Waals surface area contributed by atoms with Gasteiger partial charge >= 0.3 is 0 Å². The number of Topliss-reactive ketones (excluding diaryl/α,β-unsaturated/α-hetero) is 1. The van der Waals surface area contributed by atoms with Crippen molar-refractivity contribution >= 4 is 5.78 Å². The van der Waals surface area contributed by atoms with Gasteiger partial charge in [0, 0.05) is 24.0 Å². The zero-order valence-corrected chi connectivity index (χ0v) is 18.2. The predicted octanol–water partition coefficient (Wildman–Crippen LogP) is 6.23. The number of rotatable bonds is 7. The molecule has 0 amide bonds. The molecule has 0 unspecified atom stereocenters. The molecule has 3 atom stereocenters. The van der Waals surface area contributed by atoms with Crippen LogP contribution in [0, 0.1) is 17.8 Å². The van der Waals surface area contributed by atoms with Crippen LogP contribution in [0.1, 0.15) is 50.9 Å². The van der Waals surface area contributed by atoms with Gasteiger partial charge in [0.2, 0.25) is 0 Å². The first-order valence-corrected chi connectivity index (χ1v) is 10.2. The number of phenolic OH excluding ortho intramolecular Hbond substituents is 3. The van der Waals surface area contributed by atoms with Gasteiger partial charge in [-0.15, -0.1) is 0 Å². The fourth-order valence-corrected chi connectivity index (χ4v) is 3.97. The van der Waals surface area contributed by atoms with E-state index in [0.717, 1.165) is 23.3 Å². The maximum Gasteiger partial charge on any atom is 0.174 e. The van der Waals surface area contributed by atoms with E-state index in [9.17, 15) is 20.1 Å². The molecule has 1 aliphatic rings. The van der Waals surface area contributed by atoms with Crippen LogP contribution in [-0.2, 0) is 0 Å². The SMILES string of the molecule is C=C(/C=C\C=C/C)[C@@H]1C=C(C)[C@@H](CC=C(C)C)[C@@H](C(=O)c2c(O)cc(O)cc2O)C1. The number of benzene rings is 1. The van der Waals surface area contributed by atoms with E-state index in [4.69, 9.17) is 0 Å². The van der Waals surface area contributed by atoms with Crippen molar-refractivity contribution in [1.82, 2.24) is 0 Å². The molecule has 0 saturated carbocycles. The molecule has 3 N–H and O–H groups in total. The molecule has 30 heavy (non-hydrogen) atoms. The summed E-state index contributed by atoms with van der Waals surface area (Å²) in [6.45, 7) is 12.2. The van der Waals surface area contributed by atoms with Gasteiger partial charge in [-0.05, 0) is 52.0 Å². The first-order valence-electron chi connectivity index (χ1n) is 10.2. The van der Waals surface area contributed by atoms with E-state index in [1.807, 2.05) is 52.0 Å². The lowest BCUT2D eigenvalue weighted by atomic mass is 9.68. The van der Waals surface area contributed by atoms with Gasteiger partial charge in [0.05, 0.1) is 0 Å². The molecule has 4 nitrogen and oxygen atoms in total. The Morgan fingerprint density at radius 1 is 1.17 bits per heavy atom. The second kappa shape index (κ2) is 10.1. The number of carbonyl (C=O) groups excluding carboxylic acids is 1. The van der Waals surface area contributed by atoms with E-state index in [2.05, 4.69) is 18.7 Å². The Bertz CT molecular complexity index is 903. The third kappa shape index (κ3) is 5.53. The Morgan fingerprint density at radius 2 is 1.80 bits per heavy atom. The van der Waals surface area contributed by atoms with Gasteiger partial charge in [-0.3, -0.25) is 4.79 Å². The van der Waals surface area contributed by atoms with Gasteiger partial charge in [-0.25, -0.2) is 0 Å². The van der Waals surface area contributed by atoms with Crippen LogP contribution in [0.25, 0.3) is 0 Å². The number of allylic oxidation sites excluding steroid dienone is 9. The summed E-state index contributed by atoms with van der Waals surface area (Å²) in [5, 5.41) is 30.1. The molecular weight excluding hydrogens is 376 g/mol. The average molecular weight is 409 g/mol. The Kier molecular flexibility index (Phi) is 7.87. The normalized spacial score (nSPS) is 21.6. The minimum absolute atomic E-state index is 0.00944. The third-order valence-electron chi connectivity index (χ3n) is 5.58. The minimum Gasteiger partial charge on any atom is -0.508 e. The van der Waals surface area contributed by atoms with Crippen molar-refractivity contribution in [1.29, 1.82) is 0 Å². The summed E-state index contributed by atoms with van der Waals surface area (Å²) in [6, 6.07) is 2.17. The van der Waals surface area contributed by atoms with Gasteiger partial charge in [0.25, 0.3) is 0 Å². The Morgan fingerprint density at radius 3 is 2.37 bits per heavy atom. The van der Waals surface area contributed by atoms with E-state index >= 15 is 0 Å². The maximum absolute atomic E-state index is 13.5. The number of aromatic hydroxyl groups is 3. The van der Waals surface area contributed by atoms with Crippen LogP contribution >= 0.6 is 0 Å². The molecule has 160 valence electrons. The summed E-state index contributed by atoms with van der Waals surface area (Å²) in [5.74, 6) is -1.90. The number of ketones is 1. The van der Waals surface area contributed by atoms with E-state index in [-0.39, 0.29) is 28.9 Å². The molecule has 0 heterocycles. The zero-order chi connectivity index (χ0) is 22.4. The maximum atomic E-state index is 13.5.